The van der Waals surface area contributed by atoms with Crippen molar-refractivity contribution in [2.75, 3.05) is 5.73 Å². The molecule has 0 fully saturated rings. The van der Waals surface area contributed by atoms with Crippen LogP contribution in [0.2, 0.25) is 0 Å². The van der Waals surface area contributed by atoms with Crippen molar-refractivity contribution in [3.05, 3.63) is 35.2 Å². The maximum atomic E-state index is 12.5. The largest absolute Gasteiger partial charge is 0.416 e. The van der Waals surface area contributed by atoms with Gasteiger partial charge < -0.3 is 5.73 Å². The van der Waals surface area contributed by atoms with Gasteiger partial charge in [-0.05, 0) is 23.6 Å². The molecule has 2 N–H and O–H groups in total. The van der Waals surface area contributed by atoms with Gasteiger partial charge in [-0.15, -0.1) is 11.3 Å². The van der Waals surface area contributed by atoms with E-state index in [2.05, 4.69) is 4.98 Å². The van der Waals surface area contributed by atoms with Crippen molar-refractivity contribution in [2.45, 2.75) is 15.4 Å². The monoisotopic (exact) mass is 276 g/mol. The number of halogens is 3. The van der Waals surface area contributed by atoms with E-state index in [0.717, 1.165) is 16.3 Å². The Bertz CT molecular complexity index is 509. The first-order valence-electron chi connectivity index (χ1n) is 4.51. The highest BCUT2D eigenvalue weighted by atomic mass is 32.2. The molecule has 2 rings (SSSR count). The van der Waals surface area contributed by atoms with Crippen LogP contribution in [0, 0.1) is 0 Å². The summed E-state index contributed by atoms with van der Waals surface area (Å²) in [7, 11) is 0. The summed E-state index contributed by atoms with van der Waals surface area (Å²) in [5, 5.41) is 2.10. The average Bonchev–Trinajstić information content (AvgIpc) is 2.68. The quantitative estimate of drug-likeness (QED) is 0.904. The zero-order chi connectivity index (χ0) is 12.5. The van der Waals surface area contributed by atoms with E-state index < -0.39 is 11.7 Å². The van der Waals surface area contributed by atoms with Gasteiger partial charge in [0, 0.05) is 0 Å². The van der Waals surface area contributed by atoms with Crippen LogP contribution in [0.15, 0.2) is 38.9 Å². The van der Waals surface area contributed by atoms with Crippen LogP contribution >= 0.6 is 23.1 Å². The Morgan fingerprint density at radius 3 is 2.65 bits per heavy atom. The Kier molecular flexibility index (Phi) is 3.30. The fraction of sp³-hybridized carbons (Fsp3) is 0.100. The summed E-state index contributed by atoms with van der Waals surface area (Å²) < 4.78 is 38.5. The summed E-state index contributed by atoms with van der Waals surface area (Å²) in [6, 6.07) is 5.47. The average molecular weight is 276 g/mol. The van der Waals surface area contributed by atoms with Crippen LogP contribution < -0.4 is 5.73 Å². The number of pyridine rings is 1. The van der Waals surface area contributed by atoms with E-state index >= 15 is 0 Å². The van der Waals surface area contributed by atoms with Gasteiger partial charge in [-0.2, -0.15) is 13.2 Å². The zero-order valence-electron chi connectivity index (χ0n) is 8.36. The molecule has 0 aliphatic rings. The third-order valence-electron chi connectivity index (χ3n) is 1.85. The molecule has 0 amide bonds. The van der Waals surface area contributed by atoms with Gasteiger partial charge in [-0.3, -0.25) is 0 Å². The molecular weight excluding hydrogens is 269 g/mol. The number of nitrogens with two attached hydrogens (primary N) is 1. The van der Waals surface area contributed by atoms with Gasteiger partial charge in [0.2, 0.25) is 0 Å². The first-order chi connectivity index (χ1) is 7.95. The maximum absolute atomic E-state index is 12.5. The number of thiophene rings is 1. The lowest BCUT2D eigenvalue weighted by Gasteiger charge is -2.08. The molecule has 0 aromatic carbocycles. The third kappa shape index (κ3) is 3.13. The highest BCUT2D eigenvalue weighted by molar-refractivity contribution is 8.01. The standard InChI is InChI=1S/C10H7F3N2S2/c11-10(12,13)6-4-7(14)15-8(5-6)17-9-2-1-3-16-9/h1-5H,(H2,14,15). The Hall–Kier alpha value is -1.21. The summed E-state index contributed by atoms with van der Waals surface area (Å²) >= 11 is 2.60. The number of rotatable bonds is 2. The fourth-order valence-corrected chi connectivity index (χ4v) is 2.92. The number of alkyl halides is 3. The number of nitrogen functional groups attached to an aromatic ring is 1. The maximum Gasteiger partial charge on any atom is 0.416 e. The van der Waals surface area contributed by atoms with Gasteiger partial charge in [-0.1, -0.05) is 17.8 Å². The van der Waals surface area contributed by atoms with Gasteiger partial charge in [0.05, 0.1) is 9.77 Å². The van der Waals surface area contributed by atoms with Crippen molar-refractivity contribution in [2.24, 2.45) is 0 Å². The molecule has 7 heteroatoms. The van der Waals surface area contributed by atoms with Crippen LogP contribution in [0.3, 0.4) is 0 Å². The highest BCUT2D eigenvalue weighted by Crippen LogP contribution is 2.35. The van der Waals surface area contributed by atoms with Gasteiger partial charge in [0.25, 0.3) is 0 Å². The van der Waals surface area contributed by atoms with Crippen LogP contribution in [0.4, 0.5) is 19.0 Å². The first-order valence-corrected chi connectivity index (χ1v) is 6.21. The minimum absolute atomic E-state index is 0.126. The molecule has 17 heavy (non-hydrogen) atoms. The summed E-state index contributed by atoms with van der Waals surface area (Å²) in [5.41, 5.74) is 4.59. The topological polar surface area (TPSA) is 38.9 Å². The van der Waals surface area contributed by atoms with Crippen LogP contribution in [0.25, 0.3) is 0 Å². The van der Waals surface area contributed by atoms with Crippen LogP contribution in [-0.4, -0.2) is 4.98 Å². The van der Waals surface area contributed by atoms with Gasteiger partial charge >= 0.3 is 6.18 Å². The van der Waals surface area contributed by atoms with E-state index in [0.29, 0.717) is 0 Å². The molecule has 0 unspecified atom stereocenters. The molecule has 0 radical (unpaired) electrons. The number of nitrogens with zero attached hydrogens (tertiary/aromatic N) is 1. The summed E-state index contributed by atoms with van der Waals surface area (Å²) in [6.07, 6.45) is -4.40. The summed E-state index contributed by atoms with van der Waals surface area (Å²) in [5.74, 6) is -0.126. The fourth-order valence-electron chi connectivity index (χ4n) is 1.17. The number of aromatic nitrogens is 1. The number of hydrogen-bond donors (Lipinski definition) is 1. The van der Waals surface area contributed by atoms with Crippen molar-refractivity contribution < 1.29 is 13.2 Å². The van der Waals surface area contributed by atoms with Crippen LogP contribution in [0.5, 0.6) is 0 Å². The molecule has 2 heterocycles. The van der Waals surface area contributed by atoms with E-state index in [-0.39, 0.29) is 10.8 Å². The molecular formula is C10H7F3N2S2. The Morgan fingerprint density at radius 1 is 1.29 bits per heavy atom. The molecule has 0 saturated carbocycles. The molecule has 90 valence electrons. The van der Waals surface area contributed by atoms with E-state index in [1.807, 2.05) is 17.5 Å². The molecule has 0 aliphatic carbocycles. The Balaban J connectivity index is 2.32. The van der Waals surface area contributed by atoms with E-state index in [9.17, 15) is 13.2 Å². The minimum atomic E-state index is -4.40. The summed E-state index contributed by atoms with van der Waals surface area (Å²) in [6.45, 7) is 0. The van der Waals surface area contributed by atoms with E-state index in [1.54, 1.807) is 0 Å². The zero-order valence-corrected chi connectivity index (χ0v) is 9.99. The van der Waals surface area contributed by atoms with Crippen molar-refractivity contribution in [1.82, 2.24) is 4.98 Å². The van der Waals surface area contributed by atoms with Crippen molar-refractivity contribution in [1.29, 1.82) is 0 Å². The van der Waals surface area contributed by atoms with Crippen LogP contribution in [0.1, 0.15) is 5.56 Å². The third-order valence-corrected chi connectivity index (χ3v) is 3.81. The van der Waals surface area contributed by atoms with Crippen LogP contribution in [-0.2, 0) is 6.18 Å². The second-order valence-corrected chi connectivity index (χ2v) is 5.42. The molecule has 2 aromatic rings. The van der Waals surface area contributed by atoms with Crippen molar-refractivity contribution >= 4 is 28.9 Å². The minimum Gasteiger partial charge on any atom is -0.384 e. The lowest BCUT2D eigenvalue weighted by molar-refractivity contribution is -0.137. The Labute approximate surface area is 104 Å². The number of anilines is 1. The van der Waals surface area contributed by atoms with Gasteiger partial charge in [0.15, 0.2) is 0 Å². The normalized spacial score (nSPS) is 11.7. The summed E-state index contributed by atoms with van der Waals surface area (Å²) in [4.78, 5) is 3.87. The van der Waals surface area contributed by atoms with E-state index in [1.165, 1.54) is 23.1 Å². The second-order valence-electron chi connectivity index (χ2n) is 3.15. The van der Waals surface area contributed by atoms with Crippen molar-refractivity contribution in [3.63, 3.8) is 0 Å². The predicted molar refractivity (Wildman–Crippen MR) is 62.1 cm³/mol. The lowest BCUT2D eigenvalue weighted by Crippen LogP contribution is -2.07. The van der Waals surface area contributed by atoms with E-state index in [4.69, 9.17) is 5.73 Å². The molecule has 0 bridgehead atoms. The molecule has 2 nitrogen and oxygen atoms in total. The van der Waals surface area contributed by atoms with Crippen molar-refractivity contribution in [3.8, 4) is 0 Å². The smallest absolute Gasteiger partial charge is 0.384 e. The molecule has 0 saturated heterocycles. The van der Waals surface area contributed by atoms with Gasteiger partial charge in [0.1, 0.15) is 10.8 Å². The number of hydrogen-bond acceptors (Lipinski definition) is 4. The molecule has 0 atom stereocenters. The van der Waals surface area contributed by atoms with Gasteiger partial charge in [-0.25, -0.2) is 4.98 Å². The lowest BCUT2D eigenvalue weighted by atomic mass is 10.2. The molecule has 2 aromatic heterocycles. The SMILES string of the molecule is Nc1cc(C(F)(F)F)cc(Sc2cccs2)n1. The molecule has 0 spiro atoms. The second kappa shape index (κ2) is 4.58. The Morgan fingerprint density at radius 2 is 2.06 bits per heavy atom. The first kappa shape index (κ1) is 12.3. The predicted octanol–water partition coefficient (Wildman–Crippen LogP) is 3.90. The highest BCUT2D eigenvalue weighted by Gasteiger charge is 2.31. The molecule has 0 aliphatic heterocycles.